The number of nitrogens with one attached hydrogen (secondary N) is 2. The van der Waals surface area contributed by atoms with E-state index < -0.39 is 10.0 Å². The summed E-state index contributed by atoms with van der Waals surface area (Å²) in [4.78, 5) is 18.5. The van der Waals surface area contributed by atoms with Crippen LogP contribution in [0.3, 0.4) is 0 Å². The molecular formula is C20H21N3O3S3. The molecule has 2 aromatic carbocycles. The number of carbonyl (C=O) groups excluding carboxylic acids is 1. The second kappa shape index (κ2) is 8.56. The molecule has 2 N–H and O–H groups in total. The number of hydrogen-bond acceptors (Lipinski definition) is 6. The Bertz CT molecular complexity index is 1170. The minimum atomic E-state index is -3.79. The third-order valence-corrected chi connectivity index (χ3v) is 7.60. The summed E-state index contributed by atoms with van der Waals surface area (Å²) in [5.41, 5.74) is 2.77. The summed E-state index contributed by atoms with van der Waals surface area (Å²) in [6.07, 6.45) is 1.96. The number of nitrogens with zero attached hydrogens (tertiary/aromatic N) is 1. The maximum absolute atomic E-state index is 12.7. The summed E-state index contributed by atoms with van der Waals surface area (Å²) in [7, 11) is -3.79. The molecule has 0 radical (unpaired) electrons. The Morgan fingerprint density at radius 1 is 1.10 bits per heavy atom. The monoisotopic (exact) mass is 447 g/mol. The molecule has 0 unspecified atom stereocenters. The number of sulfonamides is 1. The van der Waals surface area contributed by atoms with E-state index in [0.717, 1.165) is 21.8 Å². The number of benzene rings is 2. The first-order chi connectivity index (χ1) is 13.7. The maximum atomic E-state index is 12.7. The number of thiazole rings is 1. The first kappa shape index (κ1) is 21.4. The third-order valence-electron chi connectivity index (χ3n) is 4.17. The highest BCUT2D eigenvalue weighted by molar-refractivity contribution is 7.98. The highest BCUT2D eigenvalue weighted by Gasteiger charge is 2.21. The smallest absolute Gasteiger partial charge is 0.267 e. The zero-order chi connectivity index (χ0) is 21.2. The summed E-state index contributed by atoms with van der Waals surface area (Å²) in [6, 6.07) is 12.6. The Morgan fingerprint density at radius 3 is 2.55 bits per heavy atom. The Hall–Kier alpha value is -2.36. The lowest BCUT2D eigenvalue weighted by atomic mass is 10.2. The van der Waals surface area contributed by atoms with Gasteiger partial charge in [-0.15, -0.1) is 11.8 Å². The fraction of sp³-hybridized carbons (Fsp3) is 0.200. The molecule has 0 saturated heterocycles. The Labute approximate surface area is 178 Å². The number of anilines is 2. The molecule has 1 amide bonds. The van der Waals surface area contributed by atoms with Crippen molar-refractivity contribution in [3.63, 3.8) is 0 Å². The number of aryl methyl sites for hydroxylation is 3. The van der Waals surface area contributed by atoms with Crippen molar-refractivity contribution in [3.05, 3.63) is 64.2 Å². The molecule has 0 atom stereocenters. The first-order valence-electron chi connectivity index (χ1n) is 8.72. The fourth-order valence-electron chi connectivity index (χ4n) is 2.81. The second-order valence-electron chi connectivity index (χ2n) is 6.49. The van der Waals surface area contributed by atoms with Crippen LogP contribution in [0, 0.1) is 20.8 Å². The average Bonchev–Trinajstić information content (AvgIpc) is 3.01. The number of aromatic nitrogens is 1. The van der Waals surface area contributed by atoms with Gasteiger partial charge in [-0.05, 0) is 56.9 Å². The van der Waals surface area contributed by atoms with Crippen LogP contribution in [0.5, 0.6) is 0 Å². The van der Waals surface area contributed by atoms with Gasteiger partial charge >= 0.3 is 0 Å². The molecule has 0 aliphatic heterocycles. The van der Waals surface area contributed by atoms with Crippen LogP contribution in [0.2, 0.25) is 0 Å². The van der Waals surface area contributed by atoms with Crippen LogP contribution < -0.4 is 10.0 Å². The van der Waals surface area contributed by atoms with Crippen molar-refractivity contribution < 1.29 is 13.2 Å². The van der Waals surface area contributed by atoms with Crippen molar-refractivity contribution in [1.29, 1.82) is 0 Å². The number of carbonyl (C=O) groups is 1. The lowest BCUT2D eigenvalue weighted by molar-refractivity contribution is 0.103. The standard InChI is InChI=1S/C20H21N3O3S3/c1-12-8-9-17(13(2)10-12)29(25,26)23-20-21-14(3)18(28-20)19(24)22-15-6-5-7-16(11-15)27-4/h5-11H,1-4H3,(H,21,23)(H,22,24). The van der Waals surface area contributed by atoms with Crippen LogP contribution in [-0.4, -0.2) is 25.6 Å². The number of thioether (sulfide) groups is 1. The van der Waals surface area contributed by atoms with Crippen molar-refractivity contribution in [2.24, 2.45) is 0 Å². The normalized spacial score (nSPS) is 11.3. The van der Waals surface area contributed by atoms with E-state index in [0.29, 0.717) is 21.8 Å². The Balaban J connectivity index is 1.81. The first-order valence-corrected chi connectivity index (χ1v) is 12.2. The van der Waals surface area contributed by atoms with E-state index in [-0.39, 0.29) is 15.9 Å². The largest absolute Gasteiger partial charge is 0.321 e. The molecule has 152 valence electrons. The van der Waals surface area contributed by atoms with Crippen molar-refractivity contribution in [3.8, 4) is 0 Å². The van der Waals surface area contributed by atoms with Crippen molar-refractivity contribution in [1.82, 2.24) is 4.98 Å². The van der Waals surface area contributed by atoms with Gasteiger partial charge in [0.25, 0.3) is 15.9 Å². The Kier molecular flexibility index (Phi) is 6.30. The summed E-state index contributed by atoms with van der Waals surface area (Å²) in [6.45, 7) is 5.33. The van der Waals surface area contributed by atoms with Gasteiger partial charge in [0.05, 0.1) is 10.6 Å². The van der Waals surface area contributed by atoms with Gasteiger partial charge in [0.15, 0.2) is 5.13 Å². The third kappa shape index (κ3) is 4.98. The molecule has 29 heavy (non-hydrogen) atoms. The van der Waals surface area contributed by atoms with E-state index in [1.165, 1.54) is 0 Å². The minimum absolute atomic E-state index is 0.158. The van der Waals surface area contributed by atoms with Crippen molar-refractivity contribution in [2.75, 3.05) is 16.3 Å². The molecule has 0 bridgehead atoms. The van der Waals surface area contributed by atoms with Gasteiger partial charge in [-0.3, -0.25) is 9.52 Å². The molecule has 6 nitrogen and oxygen atoms in total. The zero-order valence-corrected chi connectivity index (χ0v) is 18.9. The van der Waals surface area contributed by atoms with Gasteiger partial charge in [-0.2, -0.15) is 0 Å². The summed E-state index contributed by atoms with van der Waals surface area (Å²) < 4.78 is 28.0. The van der Waals surface area contributed by atoms with Gasteiger partial charge in [0, 0.05) is 10.6 Å². The van der Waals surface area contributed by atoms with Crippen LogP contribution in [-0.2, 0) is 10.0 Å². The SMILES string of the molecule is CSc1cccc(NC(=O)c2sc(NS(=O)(=O)c3ccc(C)cc3C)nc2C)c1. The predicted molar refractivity (Wildman–Crippen MR) is 120 cm³/mol. The molecular weight excluding hydrogens is 426 g/mol. The molecule has 9 heteroatoms. The van der Waals surface area contributed by atoms with Gasteiger partial charge in [-0.1, -0.05) is 35.1 Å². The molecule has 1 heterocycles. The molecule has 0 fully saturated rings. The topological polar surface area (TPSA) is 88.2 Å². The fourth-order valence-corrected chi connectivity index (χ4v) is 5.59. The molecule has 3 aromatic rings. The number of amides is 1. The predicted octanol–water partition coefficient (Wildman–Crippen LogP) is 4.84. The van der Waals surface area contributed by atoms with Crippen LogP contribution >= 0.6 is 23.1 Å². The number of hydrogen-bond donors (Lipinski definition) is 2. The van der Waals surface area contributed by atoms with Gasteiger partial charge in [-0.25, -0.2) is 13.4 Å². The van der Waals surface area contributed by atoms with E-state index in [1.54, 1.807) is 43.8 Å². The maximum Gasteiger partial charge on any atom is 0.267 e. The lowest BCUT2D eigenvalue weighted by Crippen LogP contribution is -2.14. The van der Waals surface area contributed by atoms with Gasteiger partial charge in [0.1, 0.15) is 4.88 Å². The molecule has 3 rings (SSSR count). The van der Waals surface area contributed by atoms with E-state index in [1.807, 2.05) is 37.4 Å². The van der Waals surface area contributed by atoms with Gasteiger partial charge < -0.3 is 5.32 Å². The summed E-state index contributed by atoms with van der Waals surface area (Å²) >= 11 is 2.59. The minimum Gasteiger partial charge on any atom is -0.321 e. The van der Waals surface area contributed by atoms with E-state index in [9.17, 15) is 13.2 Å². The molecule has 0 aliphatic rings. The Morgan fingerprint density at radius 2 is 1.86 bits per heavy atom. The summed E-state index contributed by atoms with van der Waals surface area (Å²) in [5.74, 6) is -0.324. The summed E-state index contributed by atoms with van der Waals surface area (Å²) in [5, 5.41) is 3.00. The molecule has 1 aromatic heterocycles. The molecule has 0 spiro atoms. The van der Waals surface area contributed by atoms with Crippen molar-refractivity contribution >= 4 is 49.8 Å². The van der Waals surface area contributed by atoms with Crippen LogP contribution in [0.4, 0.5) is 10.8 Å². The van der Waals surface area contributed by atoms with E-state index >= 15 is 0 Å². The molecule has 0 aliphatic carbocycles. The second-order valence-corrected chi connectivity index (χ2v) is 10.0. The zero-order valence-electron chi connectivity index (χ0n) is 16.4. The highest BCUT2D eigenvalue weighted by atomic mass is 32.2. The molecule has 0 saturated carbocycles. The van der Waals surface area contributed by atoms with Crippen LogP contribution in [0.25, 0.3) is 0 Å². The lowest BCUT2D eigenvalue weighted by Gasteiger charge is -2.08. The van der Waals surface area contributed by atoms with Crippen LogP contribution in [0.1, 0.15) is 26.5 Å². The van der Waals surface area contributed by atoms with Crippen molar-refractivity contribution in [2.45, 2.75) is 30.6 Å². The number of rotatable bonds is 6. The van der Waals surface area contributed by atoms with Gasteiger partial charge in [0.2, 0.25) is 0 Å². The van der Waals surface area contributed by atoms with E-state index in [2.05, 4.69) is 15.0 Å². The average molecular weight is 448 g/mol. The van der Waals surface area contributed by atoms with Crippen LogP contribution in [0.15, 0.2) is 52.3 Å². The quantitative estimate of drug-likeness (QED) is 0.528. The highest BCUT2D eigenvalue weighted by Crippen LogP contribution is 2.27. The van der Waals surface area contributed by atoms with E-state index in [4.69, 9.17) is 0 Å².